The van der Waals surface area contributed by atoms with Crippen LogP contribution in [0.15, 0.2) is 24.4 Å². The normalized spacial score (nSPS) is 14.2. The summed E-state index contributed by atoms with van der Waals surface area (Å²) in [4.78, 5) is 33.8. The molecule has 28 heavy (non-hydrogen) atoms. The van der Waals surface area contributed by atoms with E-state index in [0.29, 0.717) is 22.6 Å². The second kappa shape index (κ2) is 6.70. The average Bonchev–Trinajstić information content (AvgIpc) is 3.18. The fourth-order valence-corrected chi connectivity index (χ4v) is 3.75. The van der Waals surface area contributed by atoms with E-state index >= 15 is 0 Å². The van der Waals surface area contributed by atoms with Crippen LogP contribution in [0, 0.1) is 6.92 Å². The molecule has 0 aliphatic carbocycles. The minimum absolute atomic E-state index is 0.0472. The second-order valence-electron chi connectivity index (χ2n) is 7.11. The maximum absolute atomic E-state index is 12.8. The van der Waals surface area contributed by atoms with Gasteiger partial charge in [-0.15, -0.1) is 0 Å². The number of esters is 1. The van der Waals surface area contributed by atoms with E-state index in [2.05, 4.69) is 24.5 Å². The first-order chi connectivity index (χ1) is 13.7. The van der Waals surface area contributed by atoms with Gasteiger partial charge in [0.05, 0.1) is 11.1 Å². The molecule has 0 fully saturated rings. The molecule has 0 radical (unpaired) electrons. The molecule has 0 unspecified atom stereocenters. The SMILES string of the molecule is Cc1cc(C(=O)OCc2nc3ncccc3[nH]2)c2nc3n(c2n1)CCCCC3. The van der Waals surface area contributed by atoms with Gasteiger partial charge in [-0.2, -0.15) is 0 Å². The number of imidazole rings is 2. The van der Waals surface area contributed by atoms with Crippen molar-refractivity contribution >= 4 is 28.3 Å². The molecule has 0 amide bonds. The minimum atomic E-state index is -0.419. The van der Waals surface area contributed by atoms with E-state index in [4.69, 9.17) is 9.72 Å². The third-order valence-electron chi connectivity index (χ3n) is 5.06. The van der Waals surface area contributed by atoms with Gasteiger partial charge in [-0.05, 0) is 38.0 Å². The predicted molar refractivity (Wildman–Crippen MR) is 103 cm³/mol. The molecule has 0 saturated heterocycles. The number of nitrogens with one attached hydrogen (secondary N) is 1. The van der Waals surface area contributed by atoms with Gasteiger partial charge >= 0.3 is 5.97 Å². The highest BCUT2D eigenvalue weighted by molar-refractivity contribution is 6.01. The summed E-state index contributed by atoms with van der Waals surface area (Å²) in [5.41, 5.74) is 4.05. The molecule has 8 nitrogen and oxygen atoms in total. The van der Waals surface area contributed by atoms with Gasteiger partial charge in [0, 0.05) is 24.9 Å². The number of aromatic amines is 1. The highest BCUT2D eigenvalue weighted by Crippen LogP contribution is 2.24. The quantitative estimate of drug-likeness (QED) is 0.552. The summed E-state index contributed by atoms with van der Waals surface area (Å²) in [5, 5.41) is 0. The monoisotopic (exact) mass is 376 g/mol. The number of fused-ring (bicyclic) bond motifs is 4. The van der Waals surface area contributed by atoms with Crippen molar-refractivity contribution < 1.29 is 9.53 Å². The van der Waals surface area contributed by atoms with Gasteiger partial charge < -0.3 is 14.3 Å². The summed E-state index contributed by atoms with van der Waals surface area (Å²) in [7, 11) is 0. The van der Waals surface area contributed by atoms with Crippen LogP contribution in [0.1, 0.15) is 47.0 Å². The van der Waals surface area contributed by atoms with E-state index in [-0.39, 0.29) is 6.61 Å². The molecular formula is C20H20N6O2. The summed E-state index contributed by atoms with van der Waals surface area (Å²) < 4.78 is 7.68. The Hall–Kier alpha value is -3.29. The zero-order valence-electron chi connectivity index (χ0n) is 15.6. The number of H-pyrrole nitrogens is 1. The molecule has 5 heterocycles. The highest BCUT2D eigenvalue weighted by atomic mass is 16.5. The van der Waals surface area contributed by atoms with Crippen molar-refractivity contribution in [3.05, 3.63) is 47.3 Å². The van der Waals surface area contributed by atoms with Gasteiger partial charge in [0.2, 0.25) is 0 Å². The van der Waals surface area contributed by atoms with Gasteiger partial charge in [-0.3, -0.25) is 0 Å². The maximum Gasteiger partial charge on any atom is 0.340 e. The number of aryl methyl sites for hydroxylation is 3. The Morgan fingerprint density at radius 3 is 3.07 bits per heavy atom. The van der Waals surface area contributed by atoms with Crippen LogP contribution in [0.5, 0.6) is 0 Å². The number of pyridine rings is 2. The molecule has 0 bridgehead atoms. The van der Waals surface area contributed by atoms with E-state index < -0.39 is 5.97 Å². The molecule has 0 atom stereocenters. The first-order valence-electron chi connectivity index (χ1n) is 9.52. The molecule has 5 rings (SSSR count). The molecule has 0 aromatic carbocycles. The lowest BCUT2D eigenvalue weighted by Crippen LogP contribution is -2.08. The predicted octanol–water partition coefficient (Wildman–Crippen LogP) is 3.09. The maximum atomic E-state index is 12.8. The van der Waals surface area contributed by atoms with Gasteiger partial charge in [0.15, 0.2) is 11.3 Å². The van der Waals surface area contributed by atoms with Crippen LogP contribution in [-0.2, 0) is 24.3 Å². The lowest BCUT2D eigenvalue weighted by atomic mass is 10.2. The molecule has 4 aromatic heterocycles. The molecule has 142 valence electrons. The Labute approximate surface area is 161 Å². The summed E-state index contributed by atoms with van der Waals surface area (Å²) in [6.45, 7) is 2.83. The van der Waals surface area contributed by atoms with Crippen LogP contribution in [0.2, 0.25) is 0 Å². The number of ether oxygens (including phenoxy) is 1. The number of aromatic nitrogens is 6. The van der Waals surface area contributed by atoms with Gasteiger partial charge in [-0.1, -0.05) is 6.42 Å². The average molecular weight is 376 g/mol. The summed E-state index contributed by atoms with van der Waals surface area (Å²) >= 11 is 0. The highest BCUT2D eigenvalue weighted by Gasteiger charge is 2.22. The smallest absolute Gasteiger partial charge is 0.340 e. The fraction of sp³-hybridized carbons (Fsp3) is 0.350. The number of carbonyl (C=O) groups excluding carboxylic acids is 1. The fourth-order valence-electron chi connectivity index (χ4n) is 3.75. The largest absolute Gasteiger partial charge is 0.454 e. The first-order valence-corrected chi connectivity index (χ1v) is 9.52. The summed E-state index contributed by atoms with van der Waals surface area (Å²) in [6.07, 6.45) is 6.00. The van der Waals surface area contributed by atoms with E-state index in [1.165, 1.54) is 6.42 Å². The summed E-state index contributed by atoms with van der Waals surface area (Å²) in [5.74, 6) is 1.14. The number of nitrogens with zero attached hydrogens (tertiary/aromatic N) is 5. The van der Waals surface area contributed by atoms with E-state index in [9.17, 15) is 4.79 Å². The van der Waals surface area contributed by atoms with Crippen LogP contribution in [0.3, 0.4) is 0 Å². The van der Waals surface area contributed by atoms with E-state index in [1.807, 2.05) is 19.1 Å². The Balaban J connectivity index is 1.45. The molecule has 0 saturated carbocycles. The zero-order chi connectivity index (χ0) is 19.1. The van der Waals surface area contributed by atoms with Crippen LogP contribution >= 0.6 is 0 Å². The molecule has 1 aliphatic heterocycles. The number of hydrogen-bond acceptors (Lipinski definition) is 6. The van der Waals surface area contributed by atoms with Crippen molar-refractivity contribution in [1.29, 1.82) is 0 Å². The zero-order valence-corrected chi connectivity index (χ0v) is 15.6. The van der Waals surface area contributed by atoms with Crippen molar-refractivity contribution in [3.63, 3.8) is 0 Å². The van der Waals surface area contributed by atoms with Crippen molar-refractivity contribution in [2.75, 3.05) is 0 Å². The van der Waals surface area contributed by atoms with Crippen molar-refractivity contribution in [2.24, 2.45) is 0 Å². The van der Waals surface area contributed by atoms with Crippen LogP contribution in [0.4, 0.5) is 0 Å². The molecule has 0 spiro atoms. The van der Waals surface area contributed by atoms with Gasteiger partial charge in [-0.25, -0.2) is 24.7 Å². The Morgan fingerprint density at radius 2 is 2.18 bits per heavy atom. The summed E-state index contributed by atoms with van der Waals surface area (Å²) in [6, 6.07) is 5.46. The first kappa shape index (κ1) is 16.9. The topological polar surface area (TPSA) is 98.6 Å². The third kappa shape index (κ3) is 2.90. The third-order valence-corrected chi connectivity index (χ3v) is 5.06. The Morgan fingerprint density at radius 1 is 1.25 bits per heavy atom. The van der Waals surface area contributed by atoms with Crippen LogP contribution in [0.25, 0.3) is 22.3 Å². The Bertz CT molecular complexity index is 1160. The number of rotatable bonds is 3. The molecular weight excluding hydrogens is 356 g/mol. The molecule has 1 aliphatic rings. The number of carbonyl (C=O) groups is 1. The van der Waals surface area contributed by atoms with Crippen LogP contribution < -0.4 is 0 Å². The standard InChI is InChI=1S/C20H20N6O2/c1-12-10-13(17-19(22-12)26-9-4-2-3-7-16(26)25-17)20(27)28-11-15-23-14-6-5-8-21-18(14)24-15/h5-6,8,10H,2-4,7,9,11H2,1H3,(H,21,23,24). The molecule has 1 N–H and O–H groups in total. The lowest BCUT2D eigenvalue weighted by Gasteiger charge is -2.07. The Kier molecular flexibility index (Phi) is 4.03. The van der Waals surface area contributed by atoms with Crippen molar-refractivity contribution in [1.82, 2.24) is 29.5 Å². The van der Waals surface area contributed by atoms with E-state index in [0.717, 1.165) is 48.5 Å². The van der Waals surface area contributed by atoms with Crippen LogP contribution in [-0.4, -0.2) is 35.5 Å². The van der Waals surface area contributed by atoms with Crippen molar-refractivity contribution in [3.8, 4) is 0 Å². The molecule has 4 aromatic rings. The molecule has 8 heteroatoms. The van der Waals surface area contributed by atoms with Crippen molar-refractivity contribution in [2.45, 2.75) is 45.8 Å². The van der Waals surface area contributed by atoms with Gasteiger partial charge in [0.25, 0.3) is 0 Å². The van der Waals surface area contributed by atoms with Gasteiger partial charge in [0.1, 0.15) is 23.8 Å². The number of hydrogen-bond donors (Lipinski definition) is 1. The minimum Gasteiger partial charge on any atom is -0.454 e. The lowest BCUT2D eigenvalue weighted by molar-refractivity contribution is 0.0465. The van der Waals surface area contributed by atoms with E-state index in [1.54, 1.807) is 12.3 Å². The second-order valence-corrected chi connectivity index (χ2v) is 7.11.